The molecule has 1 aromatic carbocycles. The number of carboxylic acids is 1. The first kappa shape index (κ1) is 17.4. The number of hydrogen-bond acceptors (Lipinski definition) is 4. The Bertz CT molecular complexity index is 746. The number of aromatic nitrogens is 2. The van der Waals surface area contributed by atoms with Crippen molar-refractivity contribution in [3.05, 3.63) is 41.7 Å². The van der Waals surface area contributed by atoms with Crippen LogP contribution < -0.4 is 10.1 Å². The number of ether oxygens (including phenoxy) is 1. The minimum atomic E-state index is -3.02. The van der Waals surface area contributed by atoms with Crippen molar-refractivity contribution in [2.75, 3.05) is 5.32 Å². The van der Waals surface area contributed by atoms with Crippen LogP contribution in [0.3, 0.4) is 0 Å². The normalized spacial score (nSPS) is 10.7. The van der Waals surface area contributed by atoms with Gasteiger partial charge in [0.1, 0.15) is 5.75 Å². The fraction of sp³-hybridized carbons (Fsp3) is 0.267. The maximum atomic E-state index is 12.4. The van der Waals surface area contributed by atoms with Crippen molar-refractivity contribution >= 4 is 17.6 Å². The van der Waals surface area contributed by atoms with Crippen molar-refractivity contribution in [1.29, 1.82) is 0 Å². The molecule has 7 nitrogen and oxygen atoms in total. The van der Waals surface area contributed by atoms with Gasteiger partial charge >= 0.3 is 12.6 Å². The number of carbonyl (C=O) groups excluding carboxylic acids is 1. The third kappa shape index (κ3) is 4.77. The zero-order chi connectivity index (χ0) is 17.7. The second kappa shape index (κ2) is 7.53. The second-order valence-electron chi connectivity index (χ2n) is 4.94. The maximum Gasteiger partial charge on any atom is 0.387 e. The molecule has 0 saturated carbocycles. The number of carboxylic acid groups (broad SMARTS) is 1. The molecule has 0 fully saturated rings. The number of aliphatic carboxylic acids is 1. The molecule has 2 rings (SSSR count). The van der Waals surface area contributed by atoms with E-state index in [1.54, 1.807) is 13.0 Å². The summed E-state index contributed by atoms with van der Waals surface area (Å²) in [5.41, 5.74) is 0.879. The van der Waals surface area contributed by atoms with Crippen molar-refractivity contribution in [1.82, 2.24) is 9.78 Å². The first-order valence-electron chi connectivity index (χ1n) is 6.97. The summed E-state index contributed by atoms with van der Waals surface area (Å²) in [6, 6.07) is 5.81. The van der Waals surface area contributed by atoms with Crippen molar-refractivity contribution < 1.29 is 28.2 Å². The van der Waals surface area contributed by atoms with E-state index in [2.05, 4.69) is 15.2 Å². The van der Waals surface area contributed by atoms with Crippen LogP contribution in [-0.2, 0) is 11.3 Å². The van der Waals surface area contributed by atoms with E-state index in [-0.39, 0.29) is 30.1 Å². The van der Waals surface area contributed by atoms with E-state index in [1.165, 1.54) is 29.1 Å². The average molecular weight is 339 g/mol. The summed E-state index contributed by atoms with van der Waals surface area (Å²) in [5.74, 6) is -1.76. The Morgan fingerprint density at radius 1 is 1.38 bits per heavy atom. The summed E-state index contributed by atoms with van der Waals surface area (Å²) in [6.07, 6.45) is 1.33. The van der Waals surface area contributed by atoms with Gasteiger partial charge in [0.25, 0.3) is 5.91 Å². The van der Waals surface area contributed by atoms with Crippen LogP contribution in [0.1, 0.15) is 22.5 Å². The van der Waals surface area contributed by atoms with Crippen LogP contribution >= 0.6 is 0 Å². The van der Waals surface area contributed by atoms with Gasteiger partial charge in [-0.1, -0.05) is 6.07 Å². The molecule has 0 spiro atoms. The van der Waals surface area contributed by atoms with E-state index in [4.69, 9.17) is 5.11 Å². The molecule has 2 N–H and O–H groups in total. The Balaban J connectivity index is 2.12. The Morgan fingerprint density at radius 3 is 2.79 bits per heavy atom. The number of hydrogen-bond donors (Lipinski definition) is 2. The fourth-order valence-corrected chi connectivity index (χ4v) is 1.94. The molecule has 1 amide bonds. The van der Waals surface area contributed by atoms with E-state index >= 15 is 0 Å². The van der Waals surface area contributed by atoms with Gasteiger partial charge in [0, 0.05) is 6.20 Å². The van der Waals surface area contributed by atoms with Crippen LogP contribution in [0, 0.1) is 6.92 Å². The number of aryl methyl sites for hydroxylation is 2. The number of alkyl halides is 2. The van der Waals surface area contributed by atoms with Crippen molar-refractivity contribution in [2.45, 2.75) is 26.5 Å². The zero-order valence-corrected chi connectivity index (χ0v) is 12.7. The summed E-state index contributed by atoms with van der Waals surface area (Å²) in [4.78, 5) is 22.7. The lowest BCUT2D eigenvalue weighted by Crippen LogP contribution is -2.15. The number of carbonyl (C=O) groups is 2. The molecule has 0 aliphatic carbocycles. The molecule has 128 valence electrons. The Morgan fingerprint density at radius 2 is 2.12 bits per heavy atom. The highest BCUT2D eigenvalue weighted by Crippen LogP contribution is 2.27. The molecule has 9 heteroatoms. The van der Waals surface area contributed by atoms with Gasteiger partial charge in [0.05, 0.1) is 18.7 Å². The summed E-state index contributed by atoms with van der Waals surface area (Å²) in [7, 11) is 0. The second-order valence-corrected chi connectivity index (χ2v) is 4.94. The van der Waals surface area contributed by atoms with Gasteiger partial charge in [-0.15, -0.1) is 0 Å². The first-order chi connectivity index (χ1) is 11.3. The van der Waals surface area contributed by atoms with Gasteiger partial charge < -0.3 is 15.2 Å². The molecular formula is C15H15F2N3O4. The summed E-state index contributed by atoms with van der Waals surface area (Å²) in [5, 5.41) is 15.0. The van der Waals surface area contributed by atoms with Crippen LogP contribution in [0.15, 0.2) is 30.5 Å². The summed E-state index contributed by atoms with van der Waals surface area (Å²) >= 11 is 0. The van der Waals surface area contributed by atoms with E-state index < -0.39 is 18.5 Å². The number of amides is 1. The molecule has 1 aromatic heterocycles. The highest BCUT2D eigenvalue weighted by atomic mass is 19.3. The quantitative estimate of drug-likeness (QED) is 0.808. The topological polar surface area (TPSA) is 93.5 Å². The Labute approximate surface area is 135 Å². The smallest absolute Gasteiger partial charge is 0.387 e. The van der Waals surface area contributed by atoms with Gasteiger partial charge in [-0.2, -0.15) is 13.9 Å². The van der Waals surface area contributed by atoms with E-state index in [0.29, 0.717) is 0 Å². The molecule has 24 heavy (non-hydrogen) atoms. The molecule has 2 aromatic rings. The molecule has 0 aliphatic heterocycles. The molecule has 0 bridgehead atoms. The third-order valence-electron chi connectivity index (χ3n) is 3.03. The Hall–Kier alpha value is -2.97. The van der Waals surface area contributed by atoms with Crippen molar-refractivity contribution in [3.63, 3.8) is 0 Å². The molecule has 0 unspecified atom stereocenters. The standard InChI is InChI=1S/C15H15F2N3O4/c1-9-2-3-12(24-15(16)17)11(8-9)18-14(23)10-4-6-20(19-10)7-5-13(21)22/h2-4,6,8,15H,5,7H2,1H3,(H,18,23)(H,21,22). The van der Waals surface area contributed by atoms with Gasteiger partial charge in [-0.3, -0.25) is 14.3 Å². The highest BCUT2D eigenvalue weighted by molar-refractivity contribution is 6.03. The fourth-order valence-electron chi connectivity index (χ4n) is 1.94. The third-order valence-corrected chi connectivity index (χ3v) is 3.03. The number of rotatable bonds is 7. The largest absolute Gasteiger partial charge is 0.481 e. The van der Waals surface area contributed by atoms with Crippen LogP contribution in [-0.4, -0.2) is 33.4 Å². The van der Waals surface area contributed by atoms with Crippen LogP contribution in [0.4, 0.5) is 14.5 Å². The number of nitrogens with one attached hydrogen (secondary N) is 1. The predicted molar refractivity (Wildman–Crippen MR) is 80.2 cm³/mol. The summed E-state index contributed by atoms with van der Waals surface area (Å²) < 4.78 is 30.5. The van der Waals surface area contributed by atoms with Gasteiger partial charge in [-0.25, -0.2) is 0 Å². The molecule has 0 atom stereocenters. The van der Waals surface area contributed by atoms with Gasteiger partial charge in [-0.05, 0) is 30.7 Å². The van der Waals surface area contributed by atoms with Gasteiger partial charge in [0.15, 0.2) is 5.69 Å². The molecule has 0 aliphatic rings. The van der Waals surface area contributed by atoms with Crippen molar-refractivity contribution in [3.8, 4) is 5.75 Å². The predicted octanol–water partition coefficient (Wildman–Crippen LogP) is 2.52. The lowest BCUT2D eigenvalue weighted by molar-refractivity contribution is -0.137. The minimum absolute atomic E-state index is 0.0323. The maximum absolute atomic E-state index is 12.4. The number of benzene rings is 1. The van der Waals surface area contributed by atoms with Crippen molar-refractivity contribution in [2.24, 2.45) is 0 Å². The minimum Gasteiger partial charge on any atom is -0.481 e. The lowest BCUT2D eigenvalue weighted by atomic mass is 10.2. The molecular weight excluding hydrogens is 324 g/mol. The van der Waals surface area contributed by atoms with Crippen LogP contribution in [0.5, 0.6) is 5.75 Å². The monoisotopic (exact) mass is 339 g/mol. The van der Waals surface area contributed by atoms with E-state index in [0.717, 1.165) is 5.56 Å². The molecule has 0 saturated heterocycles. The average Bonchev–Trinajstić information content (AvgIpc) is 2.96. The number of halogens is 2. The SMILES string of the molecule is Cc1ccc(OC(F)F)c(NC(=O)c2ccn(CCC(=O)O)n2)c1. The zero-order valence-electron chi connectivity index (χ0n) is 12.7. The first-order valence-corrected chi connectivity index (χ1v) is 6.97. The number of nitrogens with zero attached hydrogens (tertiary/aromatic N) is 2. The molecule has 1 heterocycles. The lowest BCUT2D eigenvalue weighted by Gasteiger charge is -2.12. The highest BCUT2D eigenvalue weighted by Gasteiger charge is 2.15. The molecule has 0 radical (unpaired) electrons. The van der Waals surface area contributed by atoms with Crippen LogP contribution in [0.25, 0.3) is 0 Å². The van der Waals surface area contributed by atoms with Gasteiger partial charge in [0.2, 0.25) is 0 Å². The Kier molecular flexibility index (Phi) is 5.46. The van der Waals surface area contributed by atoms with Crippen LogP contribution in [0.2, 0.25) is 0 Å². The van der Waals surface area contributed by atoms with E-state index in [9.17, 15) is 18.4 Å². The van der Waals surface area contributed by atoms with E-state index in [1.807, 2.05) is 0 Å². The number of anilines is 1. The summed E-state index contributed by atoms with van der Waals surface area (Å²) in [6.45, 7) is -1.16.